The van der Waals surface area contributed by atoms with Gasteiger partial charge in [0, 0.05) is 16.6 Å². The van der Waals surface area contributed by atoms with E-state index in [0.29, 0.717) is 28.7 Å². The van der Waals surface area contributed by atoms with Crippen LogP contribution in [0.5, 0.6) is 0 Å². The smallest absolute Gasteiger partial charge is 0.231 e. The first-order valence-electron chi connectivity index (χ1n) is 11.6. The molecule has 4 aromatic carbocycles. The number of hydrogen-bond acceptors (Lipinski definition) is 3. The van der Waals surface area contributed by atoms with Gasteiger partial charge < -0.3 is 11.1 Å². The number of fused-ring (bicyclic) bond motifs is 1. The summed E-state index contributed by atoms with van der Waals surface area (Å²) in [6.07, 6.45) is 0.481. The van der Waals surface area contributed by atoms with Gasteiger partial charge in [0.25, 0.3) is 0 Å². The number of rotatable bonds is 7. The Labute approximate surface area is 219 Å². The van der Waals surface area contributed by atoms with Gasteiger partial charge in [0.1, 0.15) is 0 Å². The lowest BCUT2D eigenvalue weighted by atomic mass is 9.94. The average Bonchev–Trinajstić information content (AvgIpc) is 3.33. The molecule has 0 bridgehead atoms. The monoisotopic (exact) mass is 514 g/mol. The van der Waals surface area contributed by atoms with Gasteiger partial charge in [-0.25, -0.2) is 0 Å². The van der Waals surface area contributed by atoms with Crippen molar-refractivity contribution in [2.45, 2.75) is 12.3 Å². The summed E-state index contributed by atoms with van der Waals surface area (Å²) in [6.45, 7) is 0.362. The van der Waals surface area contributed by atoms with Gasteiger partial charge in [0.2, 0.25) is 5.91 Å². The van der Waals surface area contributed by atoms with Gasteiger partial charge >= 0.3 is 0 Å². The fraction of sp³-hybridized carbons (Fsp3) is 0.103. The SMILES string of the molecule is NCCC(C(=O)Nc1ccc2[nH]nc(-c3cccc(-c4ccccc4)c3)c2c1)c1ccc(Cl)c(Cl)c1. The van der Waals surface area contributed by atoms with Gasteiger partial charge in [-0.2, -0.15) is 5.10 Å². The van der Waals surface area contributed by atoms with Crippen molar-refractivity contribution in [2.24, 2.45) is 5.73 Å². The summed E-state index contributed by atoms with van der Waals surface area (Å²) >= 11 is 12.3. The number of hydrogen-bond donors (Lipinski definition) is 3. The lowest BCUT2D eigenvalue weighted by Gasteiger charge is -2.17. The molecule has 0 fully saturated rings. The van der Waals surface area contributed by atoms with Gasteiger partial charge in [-0.15, -0.1) is 0 Å². The van der Waals surface area contributed by atoms with Crippen molar-refractivity contribution in [3.63, 3.8) is 0 Å². The summed E-state index contributed by atoms with van der Waals surface area (Å²) in [7, 11) is 0. The van der Waals surface area contributed by atoms with E-state index in [0.717, 1.165) is 38.9 Å². The second-order valence-electron chi connectivity index (χ2n) is 8.57. The van der Waals surface area contributed by atoms with Gasteiger partial charge in [0.15, 0.2) is 0 Å². The van der Waals surface area contributed by atoms with E-state index in [2.05, 4.69) is 39.8 Å². The normalized spacial score (nSPS) is 12.0. The van der Waals surface area contributed by atoms with Crippen LogP contribution in [0.25, 0.3) is 33.3 Å². The van der Waals surface area contributed by atoms with E-state index in [1.54, 1.807) is 12.1 Å². The summed E-state index contributed by atoms with van der Waals surface area (Å²) in [4.78, 5) is 13.3. The van der Waals surface area contributed by atoms with Crippen LogP contribution >= 0.6 is 23.2 Å². The molecule has 36 heavy (non-hydrogen) atoms. The lowest BCUT2D eigenvalue weighted by molar-refractivity contribution is -0.117. The number of aromatic amines is 1. The zero-order valence-corrected chi connectivity index (χ0v) is 20.9. The molecule has 0 saturated carbocycles. The molecule has 1 atom stereocenters. The van der Waals surface area contributed by atoms with E-state index in [1.807, 2.05) is 54.6 Å². The van der Waals surface area contributed by atoms with Crippen LogP contribution in [0.1, 0.15) is 17.9 Å². The third kappa shape index (κ3) is 5.00. The van der Waals surface area contributed by atoms with Crippen LogP contribution in [-0.2, 0) is 4.79 Å². The molecule has 1 amide bonds. The second kappa shape index (κ2) is 10.5. The molecule has 1 heterocycles. The zero-order valence-electron chi connectivity index (χ0n) is 19.3. The molecule has 0 saturated heterocycles. The van der Waals surface area contributed by atoms with Crippen LogP contribution in [0.3, 0.4) is 0 Å². The topological polar surface area (TPSA) is 83.8 Å². The van der Waals surface area contributed by atoms with E-state index in [9.17, 15) is 4.79 Å². The van der Waals surface area contributed by atoms with Crippen LogP contribution in [0.15, 0.2) is 91.0 Å². The number of H-pyrrole nitrogens is 1. The van der Waals surface area contributed by atoms with E-state index in [4.69, 9.17) is 28.9 Å². The molecule has 180 valence electrons. The van der Waals surface area contributed by atoms with Crippen LogP contribution in [0.2, 0.25) is 10.0 Å². The van der Waals surface area contributed by atoms with E-state index < -0.39 is 5.92 Å². The number of anilines is 1. The maximum atomic E-state index is 13.3. The van der Waals surface area contributed by atoms with Crippen molar-refractivity contribution in [2.75, 3.05) is 11.9 Å². The quantitative estimate of drug-likeness (QED) is 0.213. The average molecular weight is 515 g/mol. The van der Waals surface area contributed by atoms with E-state index >= 15 is 0 Å². The number of aromatic nitrogens is 2. The molecular weight excluding hydrogens is 491 g/mol. The Kier molecular flexibility index (Phi) is 7.05. The molecule has 4 N–H and O–H groups in total. The molecule has 5 nitrogen and oxygen atoms in total. The summed E-state index contributed by atoms with van der Waals surface area (Å²) in [5.74, 6) is -0.610. The first-order valence-corrected chi connectivity index (χ1v) is 12.4. The van der Waals surface area contributed by atoms with E-state index in [1.165, 1.54) is 0 Å². The van der Waals surface area contributed by atoms with Crippen LogP contribution in [0.4, 0.5) is 5.69 Å². The number of carbonyl (C=O) groups is 1. The van der Waals surface area contributed by atoms with Crippen molar-refractivity contribution >= 4 is 45.7 Å². The Morgan fingerprint density at radius 1 is 0.861 bits per heavy atom. The Balaban J connectivity index is 1.45. The number of carbonyl (C=O) groups excluding carboxylic acids is 1. The van der Waals surface area contributed by atoms with Crippen molar-refractivity contribution in [3.8, 4) is 22.4 Å². The molecule has 0 radical (unpaired) electrons. The fourth-order valence-electron chi connectivity index (χ4n) is 4.36. The number of benzene rings is 4. The van der Waals surface area contributed by atoms with Crippen LogP contribution < -0.4 is 11.1 Å². The third-order valence-corrected chi connectivity index (χ3v) is 6.93. The van der Waals surface area contributed by atoms with Crippen molar-refractivity contribution in [3.05, 3.63) is 107 Å². The molecule has 1 aromatic heterocycles. The summed E-state index contributed by atoms with van der Waals surface area (Å²) < 4.78 is 0. The first kappa shape index (κ1) is 24.1. The minimum atomic E-state index is -0.452. The molecule has 0 aliphatic carbocycles. The summed E-state index contributed by atoms with van der Waals surface area (Å²) in [5, 5.41) is 12.5. The van der Waals surface area contributed by atoms with E-state index in [-0.39, 0.29) is 5.91 Å². The Bertz CT molecular complexity index is 1530. The minimum absolute atomic E-state index is 0.158. The second-order valence-corrected chi connectivity index (χ2v) is 9.39. The van der Waals surface area contributed by atoms with Gasteiger partial charge in [-0.3, -0.25) is 9.89 Å². The number of nitrogens with one attached hydrogen (secondary N) is 2. The molecule has 5 aromatic rings. The maximum absolute atomic E-state index is 13.3. The molecule has 7 heteroatoms. The molecular formula is C29H24Cl2N4O. The highest BCUT2D eigenvalue weighted by molar-refractivity contribution is 6.42. The van der Waals surface area contributed by atoms with Gasteiger partial charge in [-0.05, 0) is 66.1 Å². The van der Waals surface area contributed by atoms with Gasteiger partial charge in [0.05, 0.1) is 27.2 Å². The Hall–Kier alpha value is -3.64. The van der Waals surface area contributed by atoms with Gasteiger partial charge in [-0.1, -0.05) is 77.8 Å². The highest BCUT2D eigenvalue weighted by atomic mass is 35.5. The standard InChI is InChI=1S/C29H24Cl2N4O/c30-25-11-9-20(16-26(25)31)23(13-14-32)29(36)33-22-10-12-27-24(17-22)28(35-34-27)21-8-4-7-19(15-21)18-5-2-1-3-6-18/h1-12,15-17,23H,13-14,32H2,(H,33,36)(H,34,35). The molecule has 0 aliphatic rings. The number of halogens is 2. The largest absolute Gasteiger partial charge is 0.330 e. The lowest BCUT2D eigenvalue weighted by Crippen LogP contribution is -2.23. The van der Waals surface area contributed by atoms with Crippen LogP contribution in [-0.4, -0.2) is 22.6 Å². The third-order valence-electron chi connectivity index (χ3n) is 6.19. The zero-order chi connectivity index (χ0) is 25.1. The highest BCUT2D eigenvalue weighted by Crippen LogP contribution is 2.33. The first-order chi connectivity index (χ1) is 17.5. The Morgan fingerprint density at radius 2 is 1.64 bits per heavy atom. The molecule has 0 spiro atoms. The fourth-order valence-corrected chi connectivity index (χ4v) is 4.67. The summed E-state index contributed by atoms with van der Waals surface area (Å²) in [5.41, 5.74) is 12.2. The van der Waals surface area contributed by atoms with Crippen LogP contribution in [0, 0.1) is 0 Å². The summed E-state index contributed by atoms with van der Waals surface area (Å²) in [6, 6.07) is 29.4. The van der Waals surface area contributed by atoms with Crippen molar-refractivity contribution in [1.29, 1.82) is 0 Å². The Morgan fingerprint density at radius 3 is 2.42 bits per heavy atom. The predicted octanol–water partition coefficient (Wildman–Crippen LogP) is 7.27. The van der Waals surface area contributed by atoms with Crippen molar-refractivity contribution < 1.29 is 4.79 Å². The number of amides is 1. The minimum Gasteiger partial charge on any atom is -0.330 e. The molecule has 0 aliphatic heterocycles. The maximum Gasteiger partial charge on any atom is 0.231 e. The van der Waals surface area contributed by atoms with Crippen molar-refractivity contribution in [1.82, 2.24) is 10.2 Å². The predicted molar refractivity (Wildman–Crippen MR) is 148 cm³/mol. The molecule has 5 rings (SSSR count). The number of nitrogens with zero attached hydrogens (tertiary/aromatic N) is 1. The highest BCUT2D eigenvalue weighted by Gasteiger charge is 2.21. The number of nitrogens with two attached hydrogens (primary N) is 1. The molecule has 1 unspecified atom stereocenters.